The quantitative estimate of drug-likeness (QED) is 0.618. The number of nitrogen functional groups attached to an aromatic ring is 1. The van der Waals surface area contributed by atoms with E-state index in [-0.39, 0.29) is 13.2 Å². The molecule has 0 aliphatic carbocycles. The van der Waals surface area contributed by atoms with Crippen LogP contribution >= 0.6 is 0 Å². The van der Waals surface area contributed by atoms with E-state index in [1.807, 2.05) is 19.1 Å². The summed E-state index contributed by atoms with van der Waals surface area (Å²) in [5, 5.41) is 17.7. The smallest absolute Gasteiger partial charge is 0.0471 e. The van der Waals surface area contributed by atoms with Crippen LogP contribution in [0, 0.1) is 6.92 Å². The minimum absolute atomic E-state index is 0.128. The second-order valence-corrected chi connectivity index (χ2v) is 3.41. The molecule has 0 saturated carbocycles. The Morgan fingerprint density at radius 1 is 1.07 bits per heavy atom. The lowest BCUT2D eigenvalue weighted by Gasteiger charge is -2.11. The molecule has 0 atom stereocenters. The Kier molecular flexibility index (Phi) is 3.92. The standard InChI is InChI=1S/C11H17NO2/c1-8-9(2-4-13)6-11(12)7-10(8)3-5-14/h6-7,13-14H,2-5,12H2,1H3. The molecule has 0 spiro atoms. The summed E-state index contributed by atoms with van der Waals surface area (Å²) in [5.41, 5.74) is 9.68. The van der Waals surface area contributed by atoms with Gasteiger partial charge in [0.25, 0.3) is 0 Å². The Balaban J connectivity index is 3.04. The van der Waals surface area contributed by atoms with Gasteiger partial charge < -0.3 is 15.9 Å². The lowest BCUT2D eigenvalue weighted by Crippen LogP contribution is -2.02. The van der Waals surface area contributed by atoms with Crippen molar-refractivity contribution in [2.45, 2.75) is 19.8 Å². The lowest BCUT2D eigenvalue weighted by atomic mass is 9.97. The average molecular weight is 195 g/mol. The Bertz CT molecular complexity index is 283. The van der Waals surface area contributed by atoms with Gasteiger partial charge >= 0.3 is 0 Å². The van der Waals surface area contributed by atoms with Crippen LogP contribution in [0.5, 0.6) is 0 Å². The van der Waals surface area contributed by atoms with Crippen LogP contribution in [0.2, 0.25) is 0 Å². The molecule has 4 N–H and O–H groups in total. The summed E-state index contributed by atoms with van der Waals surface area (Å²) < 4.78 is 0. The van der Waals surface area contributed by atoms with Crippen LogP contribution in [0.4, 0.5) is 5.69 Å². The van der Waals surface area contributed by atoms with Crippen LogP contribution in [0.25, 0.3) is 0 Å². The number of aliphatic hydroxyl groups excluding tert-OH is 2. The monoisotopic (exact) mass is 195 g/mol. The maximum Gasteiger partial charge on any atom is 0.0471 e. The van der Waals surface area contributed by atoms with Crippen molar-refractivity contribution < 1.29 is 10.2 Å². The highest BCUT2D eigenvalue weighted by molar-refractivity contribution is 5.49. The SMILES string of the molecule is Cc1c(CCO)cc(N)cc1CCO. The molecule has 1 rings (SSSR count). The van der Waals surface area contributed by atoms with Gasteiger partial charge in [-0.05, 0) is 48.6 Å². The molecule has 0 aliphatic rings. The van der Waals surface area contributed by atoms with Gasteiger partial charge in [-0.2, -0.15) is 0 Å². The third-order valence-electron chi connectivity index (χ3n) is 2.41. The van der Waals surface area contributed by atoms with Crippen LogP contribution in [-0.4, -0.2) is 23.4 Å². The molecule has 0 unspecified atom stereocenters. The third kappa shape index (κ3) is 2.47. The third-order valence-corrected chi connectivity index (χ3v) is 2.41. The van der Waals surface area contributed by atoms with Gasteiger partial charge in [-0.3, -0.25) is 0 Å². The van der Waals surface area contributed by atoms with E-state index in [1.54, 1.807) is 0 Å². The van der Waals surface area contributed by atoms with Crippen molar-refractivity contribution in [3.63, 3.8) is 0 Å². The summed E-state index contributed by atoms with van der Waals surface area (Å²) in [4.78, 5) is 0. The predicted molar refractivity (Wildman–Crippen MR) is 57.2 cm³/mol. The summed E-state index contributed by atoms with van der Waals surface area (Å²) in [5.74, 6) is 0. The molecule has 0 saturated heterocycles. The van der Waals surface area contributed by atoms with Gasteiger partial charge in [-0.15, -0.1) is 0 Å². The first-order chi connectivity index (χ1) is 6.69. The molecular formula is C11H17NO2. The van der Waals surface area contributed by atoms with Crippen molar-refractivity contribution in [2.75, 3.05) is 18.9 Å². The van der Waals surface area contributed by atoms with Gasteiger partial charge in [-0.25, -0.2) is 0 Å². The average Bonchev–Trinajstić information content (AvgIpc) is 2.14. The molecule has 14 heavy (non-hydrogen) atoms. The summed E-state index contributed by atoms with van der Waals surface area (Å²) in [6.07, 6.45) is 1.24. The molecule has 3 heteroatoms. The van der Waals surface area contributed by atoms with Gasteiger partial charge in [0.2, 0.25) is 0 Å². The second-order valence-electron chi connectivity index (χ2n) is 3.41. The molecule has 1 aromatic carbocycles. The summed E-state index contributed by atoms with van der Waals surface area (Å²) in [7, 11) is 0. The van der Waals surface area contributed by atoms with Crippen LogP contribution in [0.15, 0.2) is 12.1 Å². The van der Waals surface area contributed by atoms with E-state index >= 15 is 0 Å². The highest BCUT2D eigenvalue weighted by atomic mass is 16.3. The number of aliphatic hydroxyl groups is 2. The van der Waals surface area contributed by atoms with E-state index in [2.05, 4.69) is 0 Å². The number of anilines is 1. The van der Waals surface area contributed by atoms with Crippen molar-refractivity contribution in [1.82, 2.24) is 0 Å². The first kappa shape index (κ1) is 11.0. The van der Waals surface area contributed by atoms with Gasteiger partial charge in [0.15, 0.2) is 0 Å². The van der Waals surface area contributed by atoms with Crippen LogP contribution in [-0.2, 0) is 12.8 Å². The number of benzene rings is 1. The largest absolute Gasteiger partial charge is 0.399 e. The second kappa shape index (κ2) is 4.98. The van der Waals surface area contributed by atoms with E-state index < -0.39 is 0 Å². The van der Waals surface area contributed by atoms with Crippen molar-refractivity contribution >= 4 is 5.69 Å². The molecule has 78 valence electrons. The minimum Gasteiger partial charge on any atom is -0.399 e. The maximum atomic E-state index is 8.87. The summed E-state index contributed by atoms with van der Waals surface area (Å²) in [6.45, 7) is 2.25. The predicted octanol–water partition coefficient (Wildman–Crippen LogP) is 0.647. The topological polar surface area (TPSA) is 66.5 Å². The Hall–Kier alpha value is -1.06. The Morgan fingerprint density at radius 2 is 1.50 bits per heavy atom. The lowest BCUT2D eigenvalue weighted by molar-refractivity contribution is 0.297. The fraction of sp³-hybridized carbons (Fsp3) is 0.455. The van der Waals surface area contributed by atoms with E-state index in [4.69, 9.17) is 15.9 Å². The fourth-order valence-corrected chi connectivity index (χ4v) is 1.63. The molecule has 0 aromatic heterocycles. The van der Waals surface area contributed by atoms with E-state index in [9.17, 15) is 0 Å². The Labute approximate surface area is 84.2 Å². The van der Waals surface area contributed by atoms with Gasteiger partial charge in [0.05, 0.1) is 0 Å². The zero-order valence-electron chi connectivity index (χ0n) is 8.45. The van der Waals surface area contributed by atoms with Crippen molar-refractivity contribution in [2.24, 2.45) is 0 Å². The van der Waals surface area contributed by atoms with Crippen molar-refractivity contribution in [3.05, 3.63) is 28.8 Å². The van der Waals surface area contributed by atoms with E-state index in [0.717, 1.165) is 16.7 Å². The van der Waals surface area contributed by atoms with Crippen LogP contribution in [0.1, 0.15) is 16.7 Å². The molecule has 0 bridgehead atoms. The maximum absolute atomic E-state index is 8.87. The normalized spacial score (nSPS) is 10.5. The number of hydrogen-bond donors (Lipinski definition) is 3. The number of rotatable bonds is 4. The molecular weight excluding hydrogens is 178 g/mol. The van der Waals surface area contributed by atoms with Crippen molar-refractivity contribution in [1.29, 1.82) is 0 Å². The summed E-state index contributed by atoms with van der Waals surface area (Å²) in [6, 6.07) is 3.76. The first-order valence-electron chi connectivity index (χ1n) is 4.78. The molecule has 0 fully saturated rings. The fourth-order valence-electron chi connectivity index (χ4n) is 1.63. The molecule has 3 nitrogen and oxygen atoms in total. The zero-order chi connectivity index (χ0) is 10.6. The van der Waals surface area contributed by atoms with Gasteiger partial charge in [-0.1, -0.05) is 0 Å². The highest BCUT2D eigenvalue weighted by Gasteiger charge is 2.05. The highest BCUT2D eigenvalue weighted by Crippen LogP contribution is 2.19. The number of hydrogen-bond acceptors (Lipinski definition) is 3. The van der Waals surface area contributed by atoms with Gasteiger partial charge in [0.1, 0.15) is 0 Å². The first-order valence-corrected chi connectivity index (χ1v) is 4.78. The van der Waals surface area contributed by atoms with E-state index in [0.29, 0.717) is 18.5 Å². The molecule has 0 radical (unpaired) electrons. The molecule has 0 heterocycles. The van der Waals surface area contributed by atoms with Crippen LogP contribution < -0.4 is 5.73 Å². The minimum atomic E-state index is 0.128. The Morgan fingerprint density at radius 3 is 1.86 bits per heavy atom. The zero-order valence-corrected chi connectivity index (χ0v) is 8.45. The van der Waals surface area contributed by atoms with Gasteiger partial charge in [0, 0.05) is 18.9 Å². The van der Waals surface area contributed by atoms with E-state index in [1.165, 1.54) is 0 Å². The summed E-state index contributed by atoms with van der Waals surface area (Å²) >= 11 is 0. The molecule has 0 aliphatic heterocycles. The molecule has 0 amide bonds. The van der Waals surface area contributed by atoms with Crippen LogP contribution in [0.3, 0.4) is 0 Å². The van der Waals surface area contributed by atoms with Crippen molar-refractivity contribution in [3.8, 4) is 0 Å². The molecule has 1 aromatic rings. The number of nitrogens with two attached hydrogens (primary N) is 1.